The van der Waals surface area contributed by atoms with Gasteiger partial charge >= 0.3 is 12.1 Å². The predicted octanol–water partition coefficient (Wildman–Crippen LogP) is 3.30. The van der Waals surface area contributed by atoms with Crippen LogP contribution in [0.2, 0.25) is 0 Å². The van der Waals surface area contributed by atoms with Gasteiger partial charge in [-0.25, -0.2) is 4.79 Å². The lowest BCUT2D eigenvalue weighted by Gasteiger charge is -2.29. The lowest BCUT2D eigenvalue weighted by atomic mass is 9.85. The third kappa shape index (κ3) is 5.22. The molecule has 0 bridgehead atoms. The average molecular weight is 467 g/mol. The lowest BCUT2D eigenvalue weighted by Crippen LogP contribution is -2.52. The summed E-state index contributed by atoms with van der Waals surface area (Å²) in [5.74, 6) is -1.80. The molecule has 1 saturated carbocycles. The van der Waals surface area contributed by atoms with Gasteiger partial charge in [0.15, 0.2) is 0 Å². The van der Waals surface area contributed by atoms with Crippen molar-refractivity contribution in [1.29, 1.82) is 0 Å². The molecule has 3 atom stereocenters. The number of carbonyl (C=O) groups excluding carboxylic acids is 2. The summed E-state index contributed by atoms with van der Waals surface area (Å²) >= 11 is 0. The van der Waals surface area contributed by atoms with Crippen LogP contribution in [0.4, 0.5) is 4.79 Å². The van der Waals surface area contributed by atoms with Gasteiger partial charge in [0.05, 0.1) is 12.5 Å². The number of carboxylic acid groups (broad SMARTS) is 1. The highest BCUT2D eigenvalue weighted by Crippen LogP contribution is 2.44. The molecule has 2 aromatic carbocycles. The molecule has 3 unspecified atom stereocenters. The van der Waals surface area contributed by atoms with E-state index < -0.39 is 29.9 Å². The number of hydrogen-bond acceptors (Lipinski definition) is 5. The van der Waals surface area contributed by atoms with E-state index in [1.807, 2.05) is 36.4 Å². The highest BCUT2D eigenvalue weighted by Gasteiger charge is 2.32. The van der Waals surface area contributed by atoms with Gasteiger partial charge in [0.2, 0.25) is 5.91 Å². The average Bonchev–Trinajstić information content (AvgIpc) is 3.16. The standard InChI is InChI=1S/C26H30N2O6/c1-33-15-23(24(29)27-17-8-6-7-16(13-17)25(30)31)28-26(32)34-14-22-20-11-4-2-9-18(20)19-10-3-5-12-21(19)22/h2-5,9-12,16-17,22-23H,6-8,13-15H2,1H3,(H,27,29)(H,28,32)(H,30,31). The Morgan fingerprint density at radius 1 is 1.03 bits per heavy atom. The maximum absolute atomic E-state index is 12.8. The molecule has 8 nitrogen and oxygen atoms in total. The minimum absolute atomic E-state index is 0.0227. The van der Waals surface area contributed by atoms with Crippen molar-refractivity contribution in [2.75, 3.05) is 20.3 Å². The Morgan fingerprint density at radius 2 is 1.68 bits per heavy atom. The van der Waals surface area contributed by atoms with Crippen molar-refractivity contribution in [3.8, 4) is 11.1 Å². The second-order valence-corrected chi connectivity index (χ2v) is 8.89. The van der Waals surface area contributed by atoms with Crippen LogP contribution >= 0.6 is 0 Å². The first-order valence-corrected chi connectivity index (χ1v) is 11.6. The number of benzene rings is 2. The summed E-state index contributed by atoms with van der Waals surface area (Å²) in [5.41, 5.74) is 4.48. The Labute approximate surface area is 198 Å². The summed E-state index contributed by atoms with van der Waals surface area (Å²) < 4.78 is 10.7. The minimum atomic E-state index is -0.939. The number of methoxy groups -OCH3 is 1. The van der Waals surface area contributed by atoms with Crippen LogP contribution in [0, 0.1) is 5.92 Å². The number of hydrogen-bond donors (Lipinski definition) is 3. The molecule has 0 spiro atoms. The molecule has 2 aromatic rings. The second kappa shape index (κ2) is 10.7. The van der Waals surface area contributed by atoms with Gasteiger partial charge in [-0.3, -0.25) is 9.59 Å². The van der Waals surface area contributed by atoms with E-state index in [1.54, 1.807) is 0 Å². The maximum Gasteiger partial charge on any atom is 0.407 e. The first-order valence-electron chi connectivity index (χ1n) is 11.6. The summed E-state index contributed by atoms with van der Waals surface area (Å²) in [6, 6.07) is 14.9. The van der Waals surface area contributed by atoms with Crippen LogP contribution in [0.15, 0.2) is 48.5 Å². The van der Waals surface area contributed by atoms with Crippen LogP contribution in [-0.2, 0) is 19.1 Å². The van der Waals surface area contributed by atoms with Crippen LogP contribution in [0.3, 0.4) is 0 Å². The van der Waals surface area contributed by atoms with Crippen molar-refractivity contribution < 1.29 is 29.0 Å². The molecule has 4 rings (SSSR count). The summed E-state index contributed by atoms with van der Waals surface area (Å²) in [6.45, 7) is 0.120. The molecule has 180 valence electrons. The molecular weight excluding hydrogens is 436 g/mol. The van der Waals surface area contributed by atoms with E-state index >= 15 is 0 Å². The van der Waals surface area contributed by atoms with E-state index in [-0.39, 0.29) is 25.2 Å². The molecule has 2 aliphatic rings. The van der Waals surface area contributed by atoms with Crippen molar-refractivity contribution in [3.63, 3.8) is 0 Å². The minimum Gasteiger partial charge on any atom is -0.481 e. The van der Waals surface area contributed by atoms with E-state index in [1.165, 1.54) is 7.11 Å². The Balaban J connectivity index is 1.35. The zero-order valence-electron chi connectivity index (χ0n) is 19.2. The number of aliphatic carboxylic acids is 1. The van der Waals surface area contributed by atoms with Gasteiger partial charge in [-0.15, -0.1) is 0 Å². The van der Waals surface area contributed by atoms with Crippen LogP contribution in [0.25, 0.3) is 11.1 Å². The number of fused-ring (bicyclic) bond motifs is 3. The van der Waals surface area contributed by atoms with Gasteiger partial charge < -0.3 is 25.2 Å². The first-order chi connectivity index (χ1) is 16.5. The largest absolute Gasteiger partial charge is 0.481 e. The van der Waals surface area contributed by atoms with Gasteiger partial charge in [-0.2, -0.15) is 0 Å². The third-order valence-corrected chi connectivity index (χ3v) is 6.66. The molecule has 0 aromatic heterocycles. The molecule has 8 heteroatoms. The smallest absolute Gasteiger partial charge is 0.407 e. The van der Waals surface area contributed by atoms with Gasteiger partial charge in [0.25, 0.3) is 0 Å². The fourth-order valence-electron chi connectivity index (χ4n) is 4.98. The summed E-state index contributed by atoms with van der Waals surface area (Å²) in [5, 5.41) is 14.7. The number of rotatable bonds is 8. The van der Waals surface area contributed by atoms with E-state index in [0.717, 1.165) is 28.7 Å². The molecule has 0 radical (unpaired) electrons. The SMILES string of the molecule is COCC(NC(=O)OCC1c2ccccc2-c2ccccc21)C(=O)NC1CCCC(C(=O)O)C1. The fourth-order valence-corrected chi connectivity index (χ4v) is 4.98. The molecule has 1 fully saturated rings. The summed E-state index contributed by atoms with van der Waals surface area (Å²) in [4.78, 5) is 36.7. The van der Waals surface area contributed by atoms with Crippen molar-refractivity contribution in [3.05, 3.63) is 59.7 Å². The number of carboxylic acids is 1. The zero-order chi connectivity index (χ0) is 24.1. The molecule has 0 aliphatic heterocycles. The normalized spacial score (nSPS) is 20.0. The topological polar surface area (TPSA) is 114 Å². The Kier molecular flexibility index (Phi) is 7.47. The molecule has 34 heavy (non-hydrogen) atoms. The molecule has 2 amide bonds. The van der Waals surface area contributed by atoms with Crippen LogP contribution in [-0.4, -0.2) is 55.5 Å². The highest BCUT2D eigenvalue weighted by molar-refractivity contribution is 5.86. The summed E-state index contributed by atoms with van der Waals surface area (Å²) in [7, 11) is 1.45. The van der Waals surface area contributed by atoms with E-state index in [2.05, 4.69) is 22.8 Å². The van der Waals surface area contributed by atoms with Crippen molar-refractivity contribution in [2.24, 2.45) is 5.92 Å². The van der Waals surface area contributed by atoms with E-state index in [9.17, 15) is 19.5 Å². The number of ether oxygens (including phenoxy) is 2. The van der Waals surface area contributed by atoms with Gasteiger partial charge in [-0.05, 0) is 41.5 Å². The fraction of sp³-hybridized carbons (Fsp3) is 0.423. The molecule has 2 aliphatic carbocycles. The molecule has 0 heterocycles. The zero-order valence-corrected chi connectivity index (χ0v) is 19.2. The predicted molar refractivity (Wildman–Crippen MR) is 125 cm³/mol. The van der Waals surface area contributed by atoms with Crippen LogP contribution in [0.5, 0.6) is 0 Å². The van der Waals surface area contributed by atoms with Gasteiger partial charge in [-0.1, -0.05) is 55.0 Å². The number of carbonyl (C=O) groups is 3. The Morgan fingerprint density at radius 3 is 2.29 bits per heavy atom. The van der Waals surface area contributed by atoms with Crippen molar-refractivity contribution in [1.82, 2.24) is 10.6 Å². The number of nitrogens with one attached hydrogen (secondary N) is 2. The van der Waals surface area contributed by atoms with Crippen molar-refractivity contribution in [2.45, 2.75) is 43.7 Å². The second-order valence-electron chi connectivity index (χ2n) is 8.89. The Hall–Kier alpha value is -3.39. The molecule has 0 saturated heterocycles. The lowest BCUT2D eigenvalue weighted by molar-refractivity contribution is -0.143. The molecule has 3 N–H and O–H groups in total. The molecular formula is C26H30N2O6. The first kappa shape index (κ1) is 23.8. The monoisotopic (exact) mass is 466 g/mol. The third-order valence-electron chi connectivity index (χ3n) is 6.66. The van der Waals surface area contributed by atoms with Gasteiger partial charge in [0, 0.05) is 19.1 Å². The van der Waals surface area contributed by atoms with Crippen LogP contribution in [0.1, 0.15) is 42.7 Å². The quantitative estimate of drug-likeness (QED) is 0.550. The number of alkyl carbamates (subject to hydrolysis) is 1. The highest BCUT2D eigenvalue weighted by atomic mass is 16.5. The van der Waals surface area contributed by atoms with E-state index in [4.69, 9.17) is 9.47 Å². The van der Waals surface area contributed by atoms with E-state index in [0.29, 0.717) is 19.3 Å². The summed E-state index contributed by atoms with van der Waals surface area (Å²) in [6.07, 6.45) is 1.73. The number of amides is 2. The van der Waals surface area contributed by atoms with Crippen LogP contribution < -0.4 is 10.6 Å². The maximum atomic E-state index is 12.8. The Bertz CT molecular complexity index is 1010. The van der Waals surface area contributed by atoms with Gasteiger partial charge in [0.1, 0.15) is 12.6 Å². The van der Waals surface area contributed by atoms with Crippen molar-refractivity contribution >= 4 is 18.0 Å².